The fraction of sp³-hybridized carbons (Fsp3) is 0.684. The molecule has 0 amide bonds. The first kappa shape index (κ1) is 36.7. The molecule has 22 heteroatoms. The van der Waals surface area contributed by atoms with E-state index in [1.54, 1.807) is 0 Å². The van der Waals surface area contributed by atoms with Crippen LogP contribution in [-0.2, 0) is 0 Å². The third-order valence-electron chi connectivity index (χ3n) is 5.49. The lowest BCUT2D eigenvalue weighted by Crippen LogP contribution is -2.76. The molecule has 41 heavy (non-hydrogen) atoms. The molecule has 240 valence electrons. The van der Waals surface area contributed by atoms with Gasteiger partial charge in [0.15, 0.2) is 0 Å². The Morgan fingerprint density at radius 2 is 0.732 bits per heavy atom. The summed E-state index contributed by atoms with van der Waals surface area (Å²) in [6, 6.07) is 5.23. The van der Waals surface area contributed by atoms with E-state index in [1.807, 2.05) is 0 Å². The van der Waals surface area contributed by atoms with Crippen LogP contribution in [0.3, 0.4) is 0 Å². The molecule has 0 radical (unpaired) electrons. The molecule has 0 saturated carbocycles. The van der Waals surface area contributed by atoms with Gasteiger partial charge < -0.3 is 5.11 Å². The summed E-state index contributed by atoms with van der Waals surface area (Å²) in [6.07, 6.45) is -14.9. The third kappa shape index (κ3) is 5.14. The Balaban J connectivity index is 3.58. The molecule has 1 nitrogen and oxygen atoms in total. The Morgan fingerprint density at radius 3 is 1.05 bits per heavy atom. The molecule has 0 saturated heterocycles. The van der Waals surface area contributed by atoms with Gasteiger partial charge in [0, 0.05) is 6.42 Å². The molecule has 0 heterocycles. The van der Waals surface area contributed by atoms with Crippen molar-refractivity contribution in [2.75, 3.05) is 0 Å². The molecular formula is C19H11F21O. The second-order valence-electron chi connectivity index (χ2n) is 8.26. The van der Waals surface area contributed by atoms with Gasteiger partial charge in [-0.25, -0.2) is 0 Å². The number of alkyl halides is 21. The number of halogens is 21. The first-order valence-electron chi connectivity index (χ1n) is 9.94. The first-order valence-corrected chi connectivity index (χ1v) is 9.94. The zero-order chi connectivity index (χ0) is 33.1. The fourth-order valence-corrected chi connectivity index (χ4v) is 2.91. The highest BCUT2D eigenvalue weighted by atomic mass is 19.4. The first-order chi connectivity index (χ1) is 17.7. The van der Waals surface area contributed by atoms with E-state index in [2.05, 4.69) is 0 Å². The molecule has 0 aliphatic rings. The topological polar surface area (TPSA) is 20.2 Å². The van der Waals surface area contributed by atoms with Crippen molar-refractivity contribution >= 4 is 0 Å². The third-order valence-corrected chi connectivity index (χ3v) is 5.49. The van der Waals surface area contributed by atoms with E-state index in [9.17, 15) is 97.3 Å². The Hall–Kier alpha value is -2.29. The average Bonchev–Trinajstić information content (AvgIpc) is 2.81. The Kier molecular flexibility index (Phi) is 9.11. The van der Waals surface area contributed by atoms with E-state index in [-0.39, 0.29) is 0 Å². The second-order valence-corrected chi connectivity index (χ2v) is 8.26. The summed E-state index contributed by atoms with van der Waals surface area (Å²) in [4.78, 5) is 0. The maximum atomic E-state index is 13.9. The van der Waals surface area contributed by atoms with Gasteiger partial charge in [0.05, 0.1) is 6.10 Å². The average molecular weight is 654 g/mol. The number of hydrogen-bond acceptors (Lipinski definition) is 1. The van der Waals surface area contributed by atoms with Crippen LogP contribution in [0, 0.1) is 0 Å². The summed E-state index contributed by atoms with van der Waals surface area (Å²) in [5.41, 5.74) is -0.409. The molecule has 0 bridgehead atoms. The van der Waals surface area contributed by atoms with Crippen LogP contribution in [0.25, 0.3) is 0 Å². The largest absolute Gasteiger partial charge is 0.460 e. The minimum Gasteiger partial charge on any atom is -0.388 e. The summed E-state index contributed by atoms with van der Waals surface area (Å²) < 4.78 is 280. The van der Waals surface area contributed by atoms with Gasteiger partial charge in [0.2, 0.25) is 0 Å². The highest BCUT2D eigenvalue weighted by molar-refractivity contribution is 5.19. The van der Waals surface area contributed by atoms with Crippen molar-refractivity contribution in [3.63, 3.8) is 0 Å². The molecule has 0 aliphatic heterocycles. The molecular weight excluding hydrogens is 643 g/mol. The quantitative estimate of drug-likeness (QED) is 0.224. The van der Waals surface area contributed by atoms with Crippen molar-refractivity contribution in [3.05, 3.63) is 35.9 Å². The van der Waals surface area contributed by atoms with Crippen molar-refractivity contribution in [1.29, 1.82) is 0 Å². The van der Waals surface area contributed by atoms with Gasteiger partial charge in [0.1, 0.15) is 0 Å². The molecule has 1 aromatic carbocycles. The minimum absolute atomic E-state index is 0.409. The van der Waals surface area contributed by atoms with E-state index < -0.39 is 84.0 Å². The lowest BCUT2D eigenvalue weighted by molar-refractivity contribution is -0.474. The van der Waals surface area contributed by atoms with E-state index in [1.165, 1.54) is 6.07 Å². The normalized spacial score (nSPS) is 16.6. The van der Waals surface area contributed by atoms with Crippen molar-refractivity contribution < 1.29 is 97.3 Å². The summed E-state index contributed by atoms with van der Waals surface area (Å²) in [6.45, 7) is 0. The lowest BCUT2D eigenvalue weighted by Gasteiger charge is -2.44. The molecule has 0 fully saturated rings. The number of hydrogen-bond donors (Lipinski definition) is 1. The maximum Gasteiger partial charge on any atom is 0.460 e. The van der Waals surface area contributed by atoms with Gasteiger partial charge in [-0.2, -0.15) is 92.2 Å². The van der Waals surface area contributed by atoms with E-state index in [0.29, 0.717) is 0 Å². The van der Waals surface area contributed by atoms with Gasteiger partial charge in [0.25, 0.3) is 0 Å². The molecule has 0 spiro atoms. The van der Waals surface area contributed by atoms with Crippen LogP contribution in [0.4, 0.5) is 92.2 Å². The summed E-state index contributed by atoms with van der Waals surface area (Å²) in [5.74, 6) is -77.2. The smallest absolute Gasteiger partial charge is 0.388 e. The number of rotatable bonds is 12. The highest BCUT2D eigenvalue weighted by Crippen LogP contribution is 2.66. The fourth-order valence-electron chi connectivity index (χ4n) is 2.91. The van der Waals surface area contributed by atoms with Gasteiger partial charge in [-0.15, -0.1) is 0 Å². The SMILES string of the molecule is O[C@@H](CCC(F)(F)C(F)(F)C(F)(F)C(F)(F)C(F)(F)C(F)(F)C(F)(F)C(F)(F)C(F)(F)C(F)(F)F)c1ccccc1. The molecule has 0 unspecified atom stereocenters. The van der Waals surface area contributed by atoms with Crippen LogP contribution >= 0.6 is 0 Å². The van der Waals surface area contributed by atoms with Crippen LogP contribution in [0.5, 0.6) is 0 Å². The zero-order valence-electron chi connectivity index (χ0n) is 18.8. The predicted octanol–water partition coefficient (Wildman–Crippen LogP) is 8.78. The van der Waals surface area contributed by atoms with Gasteiger partial charge >= 0.3 is 59.5 Å². The standard InChI is InChI=1S/C19H11F21O/c20-10(21,7-6-9(41)8-4-2-1-3-5-8)11(22,23)12(24,25)13(26,27)14(28,29)15(30,31)16(32,33)17(34,35)18(36,37)19(38,39)40/h1-5,9,41H,6-7H2/t9-/m0/s1. The van der Waals surface area contributed by atoms with Gasteiger partial charge in [-0.1, -0.05) is 30.3 Å². The number of benzene rings is 1. The Labute approximate surface area is 212 Å². The van der Waals surface area contributed by atoms with Crippen molar-refractivity contribution in [3.8, 4) is 0 Å². The summed E-state index contributed by atoms with van der Waals surface area (Å²) in [5, 5.41) is 9.61. The van der Waals surface area contributed by atoms with Crippen LogP contribution in [-0.4, -0.2) is 64.6 Å². The monoisotopic (exact) mass is 654 g/mol. The van der Waals surface area contributed by atoms with E-state index in [4.69, 9.17) is 0 Å². The molecule has 0 aliphatic carbocycles. The molecule has 0 aromatic heterocycles. The molecule has 1 rings (SSSR count). The van der Waals surface area contributed by atoms with Crippen LogP contribution < -0.4 is 0 Å². The Bertz CT molecular complexity index is 1040. The van der Waals surface area contributed by atoms with Crippen molar-refractivity contribution in [2.24, 2.45) is 0 Å². The zero-order valence-corrected chi connectivity index (χ0v) is 18.8. The predicted molar refractivity (Wildman–Crippen MR) is 91.2 cm³/mol. The maximum absolute atomic E-state index is 13.9. The molecule has 1 atom stereocenters. The van der Waals surface area contributed by atoms with E-state index in [0.717, 1.165) is 24.3 Å². The Morgan fingerprint density at radius 1 is 0.439 bits per heavy atom. The summed E-state index contributed by atoms with van der Waals surface area (Å²) in [7, 11) is 0. The van der Waals surface area contributed by atoms with Gasteiger partial charge in [-0.3, -0.25) is 0 Å². The molecule has 1 N–H and O–H groups in total. The van der Waals surface area contributed by atoms with Gasteiger partial charge in [-0.05, 0) is 12.0 Å². The van der Waals surface area contributed by atoms with Crippen molar-refractivity contribution in [1.82, 2.24) is 0 Å². The second kappa shape index (κ2) is 10.2. The van der Waals surface area contributed by atoms with E-state index >= 15 is 0 Å². The minimum atomic E-state index is -9.19. The van der Waals surface area contributed by atoms with Crippen molar-refractivity contribution in [2.45, 2.75) is 78.4 Å². The summed E-state index contributed by atoms with van der Waals surface area (Å²) >= 11 is 0. The van der Waals surface area contributed by atoms with Crippen LogP contribution in [0.15, 0.2) is 30.3 Å². The number of aliphatic hydroxyl groups excluding tert-OH is 1. The van der Waals surface area contributed by atoms with Crippen LogP contribution in [0.1, 0.15) is 24.5 Å². The number of aliphatic hydroxyl groups is 1. The molecule has 1 aromatic rings. The van der Waals surface area contributed by atoms with Crippen LogP contribution in [0.2, 0.25) is 0 Å². The lowest BCUT2D eigenvalue weighted by atomic mass is 9.85. The highest BCUT2D eigenvalue weighted by Gasteiger charge is 2.97.